The van der Waals surface area contributed by atoms with Gasteiger partial charge in [0.05, 0.1) is 6.61 Å². The minimum atomic E-state index is -0.920. The van der Waals surface area contributed by atoms with Gasteiger partial charge in [-0.3, -0.25) is 4.79 Å². The van der Waals surface area contributed by atoms with Crippen molar-refractivity contribution in [2.75, 3.05) is 13.2 Å². The SMILES string of the molecule is CCCCCCCO[C@@H]1O[C@@H]2COC(C)(C)O[C@H]2[C@H](O)[C@H]1NC(C)=O. The number of nitrogens with one attached hydrogen (secondary N) is 1. The summed E-state index contributed by atoms with van der Waals surface area (Å²) >= 11 is 0. The second-order valence-corrected chi connectivity index (χ2v) is 7.34. The lowest BCUT2D eigenvalue weighted by molar-refractivity contribution is -0.368. The van der Waals surface area contributed by atoms with Crippen LogP contribution in [0, 0.1) is 0 Å². The molecule has 2 aliphatic rings. The maximum absolute atomic E-state index is 11.5. The molecule has 2 aliphatic heterocycles. The van der Waals surface area contributed by atoms with Crippen LogP contribution in [0.5, 0.6) is 0 Å². The summed E-state index contributed by atoms with van der Waals surface area (Å²) in [6, 6.07) is -0.664. The number of aliphatic hydroxyl groups excluding tert-OH is 1. The van der Waals surface area contributed by atoms with Gasteiger partial charge in [0.15, 0.2) is 12.1 Å². The van der Waals surface area contributed by atoms with Crippen LogP contribution in [-0.4, -0.2) is 60.7 Å². The molecule has 0 aromatic rings. The Bertz CT molecular complexity index is 430. The second kappa shape index (κ2) is 9.28. The lowest BCUT2D eigenvalue weighted by Crippen LogP contribution is -2.68. The van der Waals surface area contributed by atoms with Crippen molar-refractivity contribution >= 4 is 5.91 Å². The minimum Gasteiger partial charge on any atom is -0.388 e. The number of amides is 1. The van der Waals surface area contributed by atoms with E-state index in [1.54, 1.807) is 13.8 Å². The number of carbonyl (C=O) groups is 1. The highest BCUT2D eigenvalue weighted by Gasteiger charge is 2.51. The number of ether oxygens (including phenoxy) is 4. The molecule has 0 radical (unpaired) electrons. The molecule has 1 amide bonds. The van der Waals surface area contributed by atoms with E-state index in [-0.39, 0.29) is 5.91 Å². The first-order valence-electron chi connectivity index (χ1n) is 9.38. The van der Waals surface area contributed by atoms with Gasteiger partial charge >= 0.3 is 0 Å². The Balaban J connectivity index is 1.94. The zero-order valence-corrected chi connectivity index (χ0v) is 15.8. The van der Waals surface area contributed by atoms with Crippen molar-refractivity contribution < 1.29 is 28.8 Å². The van der Waals surface area contributed by atoms with E-state index >= 15 is 0 Å². The largest absolute Gasteiger partial charge is 0.388 e. The van der Waals surface area contributed by atoms with E-state index in [1.165, 1.54) is 26.2 Å². The van der Waals surface area contributed by atoms with Crippen LogP contribution in [-0.2, 0) is 23.7 Å². The summed E-state index contributed by atoms with van der Waals surface area (Å²) in [6.45, 7) is 8.03. The normalized spacial score (nSPS) is 34.4. The van der Waals surface area contributed by atoms with Crippen LogP contribution < -0.4 is 5.32 Å². The summed E-state index contributed by atoms with van der Waals surface area (Å²) in [5.74, 6) is -1.03. The average molecular weight is 359 g/mol. The fourth-order valence-corrected chi connectivity index (χ4v) is 3.28. The molecule has 0 bridgehead atoms. The molecule has 0 aromatic carbocycles. The van der Waals surface area contributed by atoms with E-state index in [9.17, 15) is 9.90 Å². The summed E-state index contributed by atoms with van der Waals surface area (Å²) < 4.78 is 23.2. The molecule has 2 N–H and O–H groups in total. The van der Waals surface area contributed by atoms with Crippen LogP contribution >= 0.6 is 0 Å². The van der Waals surface area contributed by atoms with Gasteiger partial charge in [-0.2, -0.15) is 0 Å². The summed E-state index contributed by atoms with van der Waals surface area (Å²) in [5, 5.41) is 13.5. The zero-order valence-electron chi connectivity index (χ0n) is 15.8. The summed E-state index contributed by atoms with van der Waals surface area (Å²) in [5.41, 5.74) is 0. The highest BCUT2D eigenvalue weighted by Crippen LogP contribution is 2.32. The van der Waals surface area contributed by atoms with E-state index in [1.807, 2.05) is 0 Å². The Hall–Kier alpha value is -0.730. The second-order valence-electron chi connectivity index (χ2n) is 7.34. The summed E-state index contributed by atoms with van der Waals surface area (Å²) in [6.07, 6.45) is 3.02. The molecule has 0 unspecified atom stereocenters. The Labute approximate surface area is 150 Å². The highest BCUT2D eigenvalue weighted by atomic mass is 16.8. The van der Waals surface area contributed by atoms with Crippen molar-refractivity contribution in [2.24, 2.45) is 0 Å². The Morgan fingerprint density at radius 2 is 2.00 bits per heavy atom. The number of aliphatic hydroxyl groups is 1. The van der Waals surface area contributed by atoms with Crippen LogP contribution in [0.2, 0.25) is 0 Å². The minimum absolute atomic E-state index is 0.242. The molecule has 25 heavy (non-hydrogen) atoms. The Kier molecular flexibility index (Phi) is 7.64. The van der Waals surface area contributed by atoms with Gasteiger partial charge in [0.25, 0.3) is 0 Å². The number of fused-ring (bicyclic) bond motifs is 1. The molecule has 2 fully saturated rings. The third kappa shape index (κ3) is 5.89. The predicted molar refractivity (Wildman–Crippen MR) is 91.9 cm³/mol. The van der Waals surface area contributed by atoms with Crippen LogP contribution in [0.4, 0.5) is 0 Å². The van der Waals surface area contributed by atoms with Crippen LogP contribution in [0.15, 0.2) is 0 Å². The molecular formula is C18H33NO6. The highest BCUT2D eigenvalue weighted by molar-refractivity contribution is 5.73. The van der Waals surface area contributed by atoms with Crippen LogP contribution in [0.25, 0.3) is 0 Å². The number of rotatable bonds is 8. The maximum atomic E-state index is 11.5. The fraction of sp³-hybridized carbons (Fsp3) is 0.944. The van der Waals surface area contributed by atoms with E-state index in [0.717, 1.165) is 12.8 Å². The molecule has 7 heteroatoms. The van der Waals surface area contributed by atoms with Gasteiger partial charge in [-0.1, -0.05) is 32.6 Å². The third-order valence-electron chi connectivity index (χ3n) is 4.59. The standard InChI is InChI=1S/C18H33NO6/c1-5-6-7-8-9-10-22-17-14(19-12(2)20)15(21)16-13(24-17)11-23-18(3,4)25-16/h13-17,21H,5-11H2,1-4H3,(H,19,20)/t13-,14-,15-,16-,17-/m1/s1. The molecule has 2 rings (SSSR count). The van der Waals surface area contributed by atoms with Crippen molar-refractivity contribution in [3.8, 4) is 0 Å². The smallest absolute Gasteiger partial charge is 0.217 e. The molecule has 0 aromatic heterocycles. The first-order valence-corrected chi connectivity index (χ1v) is 9.38. The molecule has 7 nitrogen and oxygen atoms in total. The lowest BCUT2D eigenvalue weighted by Gasteiger charge is -2.49. The quantitative estimate of drug-likeness (QED) is 0.642. The lowest BCUT2D eigenvalue weighted by atomic mass is 9.95. The first-order chi connectivity index (χ1) is 11.8. The molecule has 0 saturated carbocycles. The van der Waals surface area contributed by atoms with E-state index in [2.05, 4.69) is 12.2 Å². The molecular weight excluding hydrogens is 326 g/mol. The Morgan fingerprint density at radius 3 is 2.68 bits per heavy atom. The number of unbranched alkanes of at least 4 members (excludes halogenated alkanes) is 4. The molecule has 0 spiro atoms. The fourth-order valence-electron chi connectivity index (χ4n) is 3.28. The predicted octanol–water partition coefficient (Wildman–Crippen LogP) is 1.72. The third-order valence-corrected chi connectivity index (χ3v) is 4.59. The van der Waals surface area contributed by atoms with Gasteiger partial charge < -0.3 is 29.4 Å². The number of hydrogen-bond donors (Lipinski definition) is 2. The first kappa shape index (κ1) is 20.6. The number of carbonyl (C=O) groups excluding carboxylic acids is 1. The topological polar surface area (TPSA) is 86.2 Å². The van der Waals surface area contributed by atoms with Gasteiger partial charge in [0, 0.05) is 13.5 Å². The van der Waals surface area contributed by atoms with Crippen molar-refractivity contribution in [2.45, 2.75) is 96.2 Å². The molecule has 146 valence electrons. The monoisotopic (exact) mass is 359 g/mol. The van der Waals surface area contributed by atoms with Crippen LogP contribution in [0.3, 0.4) is 0 Å². The van der Waals surface area contributed by atoms with E-state index < -0.39 is 36.4 Å². The van der Waals surface area contributed by atoms with Gasteiger partial charge in [-0.05, 0) is 20.3 Å². The Morgan fingerprint density at radius 1 is 1.28 bits per heavy atom. The van der Waals surface area contributed by atoms with Gasteiger partial charge in [-0.15, -0.1) is 0 Å². The average Bonchev–Trinajstić information content (AvgIpc) is 2.54. The van der Waals surface area contributed by atoms with E-state index in [0.29, 0.717) is 13.2 Å². The van der Waals surface area contributed by atoms with Crippen molar-refractivity contribution in [1.82, 2.24) is 5.32 Å². The van der Waals surface area contributed by atoms with Gasteiger partial charge in [0.2, 0.25) is 5.91 Å². The molecule has 5 atom stereocenters. The summed E-state index contributed by atoms with van der Waals surface area (Å²) in [7, 11) is 0. The van der Waals surface area contributed by atoms with E-state index in [4.69, 9.17) is 18.9 Å². The molecule has 2 heterocycles. The van der Waals surface area contributed by atoms with Crippen molar-refractivity contribution in [1.29, 1.82) is 0 Å². The maximum Gasteiger partial charge on any atom is 0.217 e. The van der Waals surface area contributed by atoms with Gasteiger partial charge in [-0.25, -0.2) is 0 Å². The van der Waals surface area contributed by atoms with Crippen molar-refractivity contribution in [3.05, 3.63) is 0 Å². The molecule has 2 saturated heterocycles. The summed E-state index contributed by atoms with van der Waals surface area (Å²) in [4.78, 5) is 11.5. The van der Waals surface area contributed by atoms with Gasteiger partial charge in [0.1, 0.15) is 24.4 Å². The van der Waals surface area contributed by atoms with Crippen molar-refractivity contribution in [3.63, 3.8) is 0 Å². The zero-order chi connectivity index (χ0) is 18.4. The number of hydrogen-bond acceptors (Lipinski definition) is 6. The molecule has 0 aliphatic carbocycles. The van der Waals surface area contributed by atoms with Crippen LogP contribution in [0.1, 0.15) is 59.8 Å².